The third-order valence-electron chi connectivity index (χ3n) is 4.50. The largest absolute Gasteiger partial charge is 0.481 e. The minimum absolute atomic E-state index is 0.0147. The van der Waals surface area contributed by atoms with Crippen LogP contribution >= 0.6 is 0 Å². The number of nitrogens with zero attached hydrogens (tertiary/aromatic N) is 2. The van der Waals surface area contributed by atoms with Crippen LogP contribution in [-0.2, 0) is 4.79 Å². The molecule has 1 N–H and O–H groups in total. The van der Waals surface area contributed by atoms with Crippen LogP contribution in [0.5, 0.6) is 0 Å². The monoisotopic (exact) mass is 346 g/mol. The van der Waals surface area contributed by atoms with E-state index in [0.29, 0.717) is 23.9 Å². The highest BCUT2D eigenvalue weighted by Gasteiger charge is 2.29. The molecule has 25 heavy (non-hydrogen) atoms. The van der Waals surface area contributed by atoms with Crippen LogP contribution in [0.15, 0.2) is 28.7 Å². The van der Waals surface area contributed by atoms with Gasteiger partial charge in [-0.15, -0.1) is 0 Å². The number of carbonyl (C=O) groups excluding carboxylic acids is 1. The van der Waals surface area contributed by atoms with Crippen LogP contribution in [0.25, 0.3) is 11.0 Å². The molecule has 1 aliphatic heterocycles. The lowest BCUT2D eigenvalue weighted by Gasteiger charge is -2.35. The molecular weight excluding hydrogens is 328 g/mol. The fourth-order valence-electron chi connectivity index (χ4n) is 3.25. The van der Waals surface area contributed by atoms with Crippen molar-refractivity contribution < 1.29 is 24.0 Å². The van der Waals surface area contributed by atoms with Gasteiger partial charge in [-0.1, -0.05) is 0 Å². The highest BCUT2D eigenvalue weighted by molar-refractivity contribution is 5.96. The molecule has 1 amide bonds. The van der Waals surface area contributed by atoms with Crippen molar-refractivity contribution in [3.63, 3.8) is 0 Å². The Morgan fingerprint density at radius 2 is 2.12 bits per heavy atom. The summed E-state index contributed by atoms with van der Waals surface area (Å²) in [5, 5.41) is 20.2. The second-order valence-corrected chi connectivity index (χ2v) is 6.17. The first-order valence-electron chi connectivity index (χ1n) is 8.16. The van der Waals surface area contributed by atoms with Crippen molar-refractivity contribution in [2.75, 3.05) is 6.54 Å². The van der Waals surface area contributed by atoms with Crippen molar-refractivity contribution in [1.29, 1.82) is 0 Å². The molecule has 0 bridgehead atoms. The van der Waals surface area contributed by atoms with Gasteiger partial charge in [-0.2, -0.15) is 0 Å². The van der Waals surface area contributed by atoms with Gasteiger partial charge in [-0.3, -0.25) is 19.7 Å². The molecule has 1 aliphatic rings. The smallest absolute Gasteiger partial charge is 0.303 e. The van der Waals surface area contributed by atoms with Crippen LogP contribution in [0.3, 0.4) is 0 Å². The van der Waals surface area contributed by atoms with Crippen LogP contribution in [0, 0.1) is 10.1 Å². The van der Waals surface area contributed by atoms with Gasteiger partial charge in [0.15, 0.2) is 5.76 Å². The molecule has 1 atom stereocenters. The Morgan fingerprint density at radius 1 is 1.32 bits per heavy atom. The van der Waals surface area contributed by atoms with Gasteiger partial charge in [0, 0.05) is 36.5 Å². The number of benzene rings is 1. The third kappa shape index (κ3) is 3.62. The van der Waals surface area contributed by atoms with Crippen molar-refractivity contribution >= 4 is 28.5 Å². The van der Waals surface area contributed by atoms with E-state index in [2.05, 4.69) is 0 Å². The first kappa shape index (κ1) is 16.9. The van der Waals surface area contributed by atoms with Crippen LogP contribution < -0.4 is 0 Å². The number of nitro benzene ring substituents is 1. The van der Waals surface area contributed by atoms with E-state index >= 15 is 0 Å². The molecule has 0 aliphatic carbocycles. The molecule has 8 heteroatoms. The second kappa shape index (κ2) is 6.92. The fourth-order valence-corrected chi connectivity index (χ4v) is 3.25. The minimum Gasteiger partial charge on any atom is -0.481 e. The summed E-state index contributed by atoms with van der Waals surface area (Å²) in [4.78, 5) is 35.6. The van der Waals surface area contributed by atoms with Gasteiger partial charge in [0.05, 0.1) is 4.92 Å². The zero-order valence-corrected chi connectivity index (χ0v) is 13.5. The number of aliphatic carboxylic acids is 1. The summed E-state index contributed by atoms with van der Waals surface area (Å²) < 4.78 is 5.56. The molecule has 1 unspecified atom stereocenters. The maximum Gasteiger partial charge on any atom is 0.303 e. The fraction of sp³-hybridized carbons (Fsp3) is 0.412. The first-order chi connectivity index (χ1) is 12.0. The number of carboxylic acids is 1. The summed E-state index contributed by atoms with van der Waals surface area (Å²) in [6.45, 7) is 0.556. The van der Waals surface area contributed by atoms with Gasteiger partial charge in [-0.05, 0) is 37.8 Å². The molecule has 3 rings (SSSR count). The van der Waals surface area contributed by atoms with Gasteiger partial charge in [0.2, 0.25) is 0 Å². The number of carboxylic acid groups (broad SMARTS) is 1. The lowest BCUT2D eigenvalue weighted by atomic mass is 9.97. The van der Waals surface area contributed by atoms with Gasteiger partial charge in [0.1, 0.15) is 5.58 Å². The SMILES string of the molecule is O=C(O)CCC1CCCCN1C(=O)c1cc2cc([N+](=O)[O-])ccc2o1. The van der Waals surface area contributed by atoms with Crippen LogP contribution in [-0.4, -0.2) is 39.4 Å². The first-order valence-corrected chi connectivity index (χ1v) is 8.16. The van der Waals surface area contributed by atoms with Gasteiger partial charge in [-0.25, -0.2) is 0 Å². The van der Waals surface area contributed by atoms with E-state index in [1.165, 1.54) is 24.3 Å². The molecule has 0 radical (unpaired) electrons. The van der Waals surface area contributed by atoms with E-state index in [1.807, 2.05) is 0 Å². The Morgan fingerprint density at radius 3 is 2.84 bits per heavy atom. The standard InChI is InChI=1S/C17H18N2O6/c20-16(21)7-5-12-3-1-2-8-18(12)17(22)15-10-11-9-13(19(23)24)4-6-14(11)25-15/h4,6,9-10,12H,1-3,5,7-8H2,(H,20,21). The highest BCUT2D eigenvalue weighted by atomic mass is 16.6. The van der Waals surface area contributed by atoms with Crippen LogP contribution in [0.4, 0.5) is 5.69 Å². The average molecular weight is 346 g/mol. The molecule has 2 aromatic rings. The quantitative estimate of drug-likeness (QED) is 0.657. The molecular formula is C17H18N2O6. The van der Waals surface area contributed by atoms with Crippen molar-refractivity contribution in [3.05, 3.63) is 40.1 Å². The third-order valence-corrected chi connectivity index (χ3v) is 4.50. The highest BCUT2D eigenvalue weighted by Crippen LogP contribution is 2.28. The molecule has 132 valence electrons. The number of likely N-dealkylation sites (tertiary alicyclic amines) is 1. The summed E-state index contributed by atoms with van der Waals surface area (Å²) >= 11 is 0. The number of fused-ring (bicyclic) bond motifs is 1. The molecule has 1 saturated heterocycles. The molecule has 2 heterocycles. The molecule has 8 nitrogen and oxygen atoms in total. The lowest BCUT2D eigenvalue weighted by Crippen LogP contribution is -2.43. The van der Waals surface area contributed by atoms with Gasteiger partial charge in [0.25, 0.3) is 11.6 Å². The molecule has 1 aromatic heterocycles. The predicted octanol–water partition coefficient (Wildman–Crippen LogP) is 3.20. The average Bonchev–Trinajstić information content (AvgIpc) is 3.02. The number of furan rings is 1. The predicted molar refractivity (Wildman–Crippen MR) is 88.4 cm³/mol. The van der Waals surface area contributed by atoms with Gasteiger partial charge < -0.3 is 14.4 Å². The molecule has 0 saturated carbocycles. The van der Waals surface area contributed by atoms with E-state index < -0.39 is 10.9 Å². The van der Waals surface area contributed by atoms with E-state index in [4.69, 9.17) is 9.52 Å². The zero-order chi connectivity index (χ0) is 18.0. The molecule has 0 spiro atoms. The number of hydrogen-bond acceptors (Lipinski definition) is 5. The van der Waals surface area contributed by atoms with Crippen molar-refractivity contribution in [2.24, 2.45) is 0 Å². The van der Waals surface area contributed by atoms with E-state index in [-0.39, 0.29) is 29.8 Å². The number of amides is 1. The summed E-state index contributed by atoms with van der Waals surface area (Å²) in [6, 6.07) is 5.56. The Balaban J connectivity index is 1.84. The van der Waals surface area contributed by atoms with Crippen LogP contribution in [0.1, 0.15) is 42.7 Å². The van der Waals surface area contributed by atoms with E-state index in [9.17, 15) is 19.7 Å². The molecule has 1 fully saturated rings. The summed E-state index contributed by atoms with van der Waals surface area (Å²) in [5.41, 5.74) is 0.345. The Hall–Kier alpha value is -2.90. The Labute approximate surface area is 143 Å². The Bertz CT molecular complexity index is 828. The number of hydrogen-bond donors (Lipinski definition) is 1. The van der Waals surface area contributed by atoms with E-state index in [0.717, 1.165) is 19.3 Å². The summed E-state index contributed by atoms with van der Waals surface area (Å²) in [7, 11) is 0. The van der Waals surface area contributed by atoms with Crippen LogP contribution in [0.2, 0.25) is 0 Å². The maximum atomic E-state index is 12.8. The topological polar surface area (TPSA) is 114 Å². The number of piperidine rings is 1. The lowest BCUT2D eigenvalue weighted by molar-refractivity contribution is -0.384. The minimum atomic E-state index is -0.881. The van der Waals surface area contributed by atoms with E-state index in [1.54, 1.807) is 4.90 Å². The normalized spacial score (nSPS) is 17.6. The summed E-state index contributed by atoms with van der Waals surface area (Å²) in [6.07, 6.45) is 3.01. The number of nitro groups is 1. The maximum absolute atomic E-state index is 12.8. The summed E-state index contributed by atoms with van der Waals surface area (Å²) in [5.74, 6) is -1.05. The zero-order valence-electron chi connectivity index (χ0n) is 13.5. The van der Waals surface area contributed by atoms with Crippen molar-refractivity contribution in [1.82, 2.24) is 4.90 Å². The van der Waals surface area contributed by atoms with Crippen molar-refractivity contribution in [3.8, 4) is 0 Å². The van der Waals surface area contributed by atoms with Crippen molar-refractivity contribution in [2.45, 2.75) is 38.1 Å². The second-order valence-electron chi connectivity index (χ2n) is 6.17. The Kier molecular flexibility index (Phi) is 4.69. The number of non-ortho nitro benzene ring substituents is 1. The van der Waals surface area contributed by atoms with Gasteiger partial charge >= 0.3 is 5.97 Å². The number of rotatable bonds is 5. The number of carbonyl (C=O) groups is 2. The molecule has 1 aromatic carbocycles.